The molecular formula is C17H17N3O3. The number of carbonyl (C=O) groups is 1. The fourth-order valence-corrected chi connectivity index (χ4v) is 2.53. The molecule has 1 aliphatic rings. The van der Waals surface area contributed by atoms with Crippen molar-refractivity contribution in [2.45, 2.75) is 12.3 Å². The van der Waals surface area contributed by atoms with E-state index in [2.05, 4.69) is 4.99 Å². The Morgan fingerprint density at radius 1 is 1.09 bits per heavy atom. The van der Waals surface area contributed by atoms with Crippen LogP contribution in [0, 0.1) is 0 Å². The first-order valence-electron chi connectivity index (χ1n) is 7.20. The van der Waals surface area contributed by atoms with E-state index in [0.717, 1.165) is 11.1 Å². The lowest BCUT2D eigenvalue weighted by molar-refractivity contribution is -0.119. The van der Waals surface area contributed by atoms with E-state index in [1.54, 1.807) is 12.1 Å². The minimum atomic E-state index is -0.492. The molecule has 4 N–H and O–H groups in total. The molecule has 3 rings (SSSR count). The van der Waals surface area contributed by atoms with Crippen LogP contribution in [0.4, 0.5) is 0 Å². The van der Waals surface area contributed by atoms with Gasteiger partial charge in [-0.05, 0) is 29.7 Å². The van der Waals surface area contributed by atoms with Crippen LogP contribution in [0.25, 0.3) is 0 Å². The van der Waals surface area contributed by atoms with Crippen LogP contribution in [0.3, 0.4) is 0 Å². The summed E-state index contributed by atoms with van der Waals surface area (Å²) in [6.45, 7) is 0.185. The second kappa shape index (κ2) is 6.39. The van der Waals surface area contributed by atoms with Gasteiger partial charge in [0.2, 0.25) is 6.79 Å². The molecule has 2 aromatic rings. The maximum atomic E-state index is 12.4. The van der Waals surface area contributed by atoms with Gasteiger partial charge < -0.3 is 20.9 Å². The van der Waals surface area contributed by atoms with Gasteiger partial charge in [0.15, 0.2) is 17.5 Å². The van der Waals surface area contributed by atoms with Gasteiger partial charge in [0.1, 0.15) is 0 Å². The maximum absolute atomic E-state index is 12.4. The fourth-order valence-electron chi connectivity index (χ4n) is 2.53. The highest BCUT2D eigenvalue weighted by Crippen LogP contribution is 2.35. The Hall–Kier alpha value is -3.02. The van der Waals surface area contributed by atoms with Crippen LogP contribution in [-0.4, -0.2) is 18.7 Å². The van der Waals surface area contributed by atoms with E-state index in [9.17, 15) is 4.79 Å². The number of nitrogens with two attached hydrogens (primary N) is 2. The van der Waals surface area contributed by atoms with Gasteiger partial charge in [0, 0.05) is 0 Å². The third kappa shape index (κ3) is 3.42. The monoisotopic (exact) mass is 311 g/mol. The molecule has 1 heterocycles. The van der Waals surface area contributed by atoms with Crippen LogP contribution in [-0.2, 0) is 11.2 Å². The lowest BCUT2D eigenvalue weighted by Gasteiger charge is -2.15. The van der Waals surface area contributed by atoms with Gasteiger partial charge in [-0.15, -0.1) is 0 Å². The molecule has 6 nitrogen and oxygen atoms in total. The molecule has 118 valence electrons. The predicted octanol–water partition coefficient (Wildman–Crippen LogP) is 1.54. The Morgan fingerprint density at radius 3 is 2.57 bits per heavy atom. The summed E-state index contributed by atoms with van der Waals surface area (Å²) in [7, 11) is 0. The highest BCUT2D eigenvalue weighted by Gasteiger charge is 2.24. The van der Waals surface area contributed by atoms with Gasteiger partial charge in [-0.3, -0.25) is 4.79 Å². The summed E-state index contributed by atoms with van der Waals surface area (Å²) < 4.78 is 10.7. The van der Waals surface area contributed by atoms with Crippen molar-refractivity contribution in [2.75, 3.05) is 6.79 Å². The zero-order valence-electron chi connectivity index (χ0n) is 12.4. The van der Waals surface area contributed by atoms with Crippen LogP contribution < -0.4 is 20.9 Å². The molecule has 0 spiro atoms. The molecule has 0 saturated carbocycles. The molecule has 0 saturated heterocycles. The average molecular weight is 311 g/mol. The van der Waals surface area contributed by atoms with Crippen molar-refractivity contribution in [1.29, 1.82) is 0 Å². The first-order valence-corrected chi connectivity index (χ1v) is 7.20. The summed E-state index contributed by atoms with van der Waals surface area (Å²) in [5.74, 6) is 0.176. The van der Waals surface area contributed by atoms with Crippen LogP contribution in [0.15, 0.2) is 53.5 Å². The van der Waals surface area contributed by atoms with Crippen LogP contribution >= 0.6 is 0 Å². The molecule has 1 unspecified atom stereocenters. The Morgan fingerprint density at radius 2 is 1.83 bits per heavy atom. The number of guanidine groups is 1. The van der Waals surface area contributed by atoms with Crippen molar-refractivity contribution in [3.63, 3.8) is 0 Å². The summed E-state index contributed by atoms with van der Waals surface area (Å²) in [6.07, 6.45) is 0.496. The van der Waals surface area contributed by atoms with E-state index >= 15 is 0 Å². The molecule has 0 aliphatic carbocycles. The summed E-state index contributed by atoms with van der Waals surface area (Å²) in [5.41, 5.74) is 12.5. The molecule has 1 atom stereocenters. The normalized spacial score (nSPS) is 13.4. The summed E-state index contributed by atoms with van der Waals surface area (Å²) >= 11 is 0. The lowest BCUT2D eigenvalue weighted by atomic mass is 9.91. The zero-order valence-corrected chi connectivity index (χ0v) is 12.4. The SMILES string of the molecule is NC(N)=NC(=O)C(Cc1ccccc1)c1ccc2c(c1)OCO2. The third-order valence-electron chi connectivity index (χ3n) is 3.62. The number of aliphatic imine (C=N–C) groups is 1. The molecular weight excluding hydrogens is 294 g/mol. The van der Waals surface area contributed by atoms with Crippen molar-refractivity contribution < 1.29 is 14.3 Å². The Kier molecular flexibility index (Phi) is 4.14. The minimum absolute atomic E-state index is 0.185. The molecule has 0 aromatic heterocycles. The van der Waals surface area contributed by atoms with Gasteiger partial charge >= 0.3 is 0 Å². The largest absolute Gasteiger partial charge is 0.454 e. The molecule has 1 aliphatic heterocycles. The first kappa shape index (κ1) is 14.9. The number of nitrogens with zero attached hydrogens (tertiary/aromatic N) is 1. The number of hydrogen-bond donors (Lipinski definition) is 2. The maximum Gasteiger partial charge on any atom is 0.256 e. The van der Waals surface area contributed by atoms with Gasteiger partial charge in [-0.1, -0.05) is 36.4 Å². The Bertz CT molecular complexity index is 740. The number of hydrogen-bond acceptors (Lipinski definition) is 3. The quantitative estimate of drug-likeness (QED) is 0.659. The van der Waals surface area contributed by atoms with E-state index in [-0.39, 0.29) is 18.7 Å². The van der Waals surface area contributed by atoms with Gasteiger partial charge in [0.05, 0.1) is 5.92 Å². The minimum Gasteiger partial charge on any atom is -0.454 e. The summed E-state index contributed by atoms with van der Waals surface area (Å²) in [4.78, 5) is 16.1. The lowest BCUT2D eigenvalue weighted by Crippen LogP contribution is -2.26. The smallest absolute Gasteiger partial charge is 0.256 e. The molecule has 1 amide bonds. The predicted molar refractivity (Wildman–Crippen MR) is 86.3 cm³/mol. The van der Waals surface area contributed by atoms with E-state index in [0.29, 0.717) is 17.9 Å². The van der Waals surface area contributed by atoms with Crippen molar-refractivity contribution in [3.05, 3.63) is 59.7 Å². The molecule has 0 radical (unpaired) electrons. The molecule has 6 heteroatoms. The molecule has 23 heavy (non-hydrogen) atoms. The molecule has 0 fully saturated rings. The average Bonchev–Trinajstić information content (AvgIpc) is 3.00. The van der Waals surface area contributed by atoms with Gasteiger partial charge in [0.25, 0.3) is 5.91 Å². The number of rotatable bonds is 4. The second-order valence-electron chi connectivity index (χ2n) is 5.23. The second-order valence-corrected chi connectivity index (χ2v) is 5.23. The summed E-state index contributed by atoms with van der Waals surface area (Å²) in [5, 5.41) is 0. The van der Waals surface area contributed by atoms with Crippen LogP contribution in [0.2, 0.25) is 0 Å². The summed E-state index contributed by atoms with van der Waals surface area (Å²) in [6, 6.07) is 15.1. The number of benzene rings is 2. The van der Waals surface area contributed by atoms with Crippen LogP contribution in [0.1, 0.15) is 17.0 Å². The van der Waals surface area contributed by atoms with Gasteiger partial charge in [-0.2, -0.15) is 4.99 Å². The molecule has 0 bridgehead atoms. The Balaban J connectivity index is 1.94. The van der Waals surface area contributed by atoms with Crippen molar-refractivity contribution in [2.24, 2.45) is 16.5 Å². The van der Waals surface area contributed by atoms with Crippen molar-refractivity contribution >= 4 is 11.9 Å². The van der Waals surface area contributed by atoms with E-state index in [4.69, 9.17) is 20.9 Å². The number of ether oxygens (including phenoxy) is 2. The van der Waals surface area contributed by atoms with Crippen molar-refractivity contribution in [1.82, 2.24) is 0 Å². The van der Waals surface area contributed by atoms with Gasteiger partial charge in [-0.25, -0.2) is 0 Å². The first-order chi connectivity index (χ1) is 11.1. The van der Waals surface area contributed by atoms with Crippen molar-refractivity contribution in [3.8, 4) is 11.5 Å². The number of carbonyl (C=O) groups excluding carboxylic acids is 1. The van der Waals surface area contributed by atoms with E-state index in [1.807, 2.05) is 36.4 Å². The standard InChI is InChI=1S/C17H17N3O3/c18-17(19)20-16(21)13(8-11-4-2-1-3-5-11)12-6-7-14-15(9-12)23-10-22-14/h1-7,9,13H,8,10H2,(H4,18,19,20,21). The third-order valence-corrected chi connectivity index (χ3v) is 3.62. The number of fused-ring (bicyclic) bond motifs is 1. The molecule has 2 aromatic carbocycles. The highest BCUT2D eigenvalue weighted by molar-refractivity contribution is 5.95. The number of amides is 1. The van der Waals surface area contributed by atoms with E-state index in [1.165, 1.54) is 0 Å². The zero-order chi connectivity index (χ0) is 16.2. The fraction of sp³-hybridized carbons (Fsp3) is 0.176. The topological polar surface area (TPSA) is 99.9 Å². The Labute approximate surface area is 133 Å². The van der Waals surface area contributed by atoms with Crippen LogP contribution in [0.5, 0.6) is 11.5 Å². The highest BCUT2D eigenvalue weighted by atomic mass is 16.7. The van der Waals surface area contributed by atoms with E-state index < -0.39 is 5.92 Å².